The molecule has 0 aliphatic carbocycles. The van der Waals surface area contributed by atoms with Gasteiger partial charge in [0.25, 0.3) is 0 Å². The molecule has 0 bridgehead atoms. The lowest BCUT2D eigenvalue weighted by Crippen LogP contribution is -2.44. The summed E-state index contributed by atoms with van der Waals surface area (Å²) >= 11 is 0. The Kier molecular flexibility index (Phi) is 3.70. The maximum Gasteiger partial charge on any atom is 0.237 e. The monoisotopic (exact) mass is 300 g/mol. The first-order valence-electron chi connectivity index (χ1n) is 7.35. The van der Waals surface area contributed by atoms with Crippen molar-refractivity contribution in [2.24, 2.45) is 0 Å². The Labute approximate surface area is 129 Å². The quantitative estimate of drug-likeness (QED) is 0.931. The van der Waals surface area contributed by atoms with Gasteiger partial charge < -0.3 is 15.2 Å². The molecule has 116 valence electrons. The Balaban J connectivity index is 2.10. The fourth-order valence-electron chi connectivity index (χ4n) is 2.56. The van der Waals surface area contributed by atoms with Crippen molar-refractivity contribution in [1.82, 2.24) is 15.2 Å². The van der Waals surface area contributed by atoms with Crippen molar-refractivity contribution in [2.45, 2.75) is 26.2 Å². The van der Waals surface area contributed by atoms with Crippen LogP contribution in [0.3, 0.4) is 0 Å². The van der Waals surface area contributed by atoms with E-state index in [-0.39, 0.29) is 5.41 Å². The molecule has 3 rings (SSSR count). The molecule has 1 aliphatic heterocycles. The molecule has 3 heterocycles. The molecule has 22 heavy (non-hydrogen) atoms. The average Bonchev–Trinajstić information content (AvgIpc) is 2.48. The maximum atomic E-state index is 5.85. The second-order valence-electron chi connectivity index (χ2n) is 5.84. The van der Waals surface area contributed by atoms with Gasteiger partial charge in [0.2, 0.25) is 5.88 Å². The first-order valence-corrected chi connectivity index (χ1v) is 7.35. The number of pyridine rings is 1. The van der Waals surface area contributed by atoms with Crippen LogP contribution in [0.2, 0.25) is 0 Å². The lowest BCUT2D eigenvalue weighted by atomic mass is 9.81. The summed E-state index contributed by atoms with van der Waals surface area (Å²) in [5.74, 6) is 0.576. The maximum absolute atomic E-state index is 5.85. The third kappa shape index (κ3) is 2.50. The molecule has 1 fully saturated rings. The summed E-state index contributed by atoms with van der Waals surface area (Å²) in [4.78, 5) is 4.29. The van der Waals surface area contributed by atoms with Crippen LogP contribution >= 0.6 is 0 Å². The number of hydrogen-bond donors (Lipinski definition) is 1. The molecule has 1 aliphatic rings. The third-order valence-electron chi connectivity index (χ3n) is 3.92. The molecule has 0 atom stereocenters. The topological polar surface area (TPSA) is 83.2 Å². The van der Waals surface area contributed by atoms with Crippen molar-refractivity contribution in [3.63, 3.8) is 0 Å². The molecular weight excluding hydrogens is 280 g/mol. The SMILES string of the molecule is CCOc1nnc(-c2cc(N)cnc2C)cc1C1(C)COC1. The minimum Gasteiger partial charge on any atom is -0.477 e. The summed E-state index contributed by atoms with van der Waals surface area (Å²) in [6.45, 7) is 7.88. The van der Waals surface area contributed by atoms with Crippen molar-refractivity contribution in [3.05, 3.63) is 29.6 Å². The highest BCUT2D eigenvalue weighted by Gasteiger charge is 2.39. The molecule has 2 N–H and O–H groups in total. The zero-order valence-corrected chi connectivity index (χ0v) is 13.1. The molecule has 2 aromatic rings. The van der Waals surface area contributed by atoms with Crippen LogP contribution in [0, 0.1) is 6.92 Å². The first kappa shape index (κ1) is 14.7. The van der Waals surface area contributed by atoms with E-state index in [4.69, 9.17) is 15.2 Å². The molecule has 0 radical (unpaired) electrons. The number of aryl methyl sites for hydroxylation is 1. The molecule has 6 heteroatoms. The van der Waals surface area contributed by atoms with Crippen LogP contribution in [0.1, 0.15) is 25.1 Å². The number of ether oxygens (including phenoxy) is 2. The van der Waals surface area contributed by atoms with E-state index in [1.807, 2.05) is 26.0 Å². The summed E-state index contributed by atoms with van der Waals surface area (Å²) in [6.07, 6.45) is 1.64. The summed E-state index contributed by atoms with van der Waals surface area (Å²) in [5, 5.41) is 8.56. The van der Waals surface area contributed by atoms with Gasteiger partial charge in [-0.25, -0.2) is 0 Å². The molecule has 0 saturated carbocycles. The highest BCUT2D eigenvalue weighted by molar-refractivity contribution is 5.66. The summed E-state index contributed by atoms with van der Waals surface area (Å²) in [5.41, 5.74) is 9.90. The molecule has 2 aromatic heterocycles. The standard InChI is InChI=1S/C16H20N4O2/c1-4-22-15-13(16(3)8-21-9-16)6-14(19-20-15)12-5-11(17)7-18-10(12)2/h5-7H,4,8-9,17H2,1-3H3. The Morgan fingerprint density at radius 2 is 2.09 bits per heavy atom. The summed E-state index contributed by atoms with van der Waals surface area (Å²) in [7, 11) is 0. The highest BCUT2D eigenvalue weighted by Crippen LogP contribution is 2.38. The van der Waals surface area contributed by atoms with Crippen molar-refractivity contribution >= 4 is 5.69 Å². The van der Waals surface area contributed by atoms with Crippen molar-refractivity contribution in [3.8, 4) is 17.1 Å². The van der Waals surface area contributed by atoms with E-state index in [0.29, 0.717) is 31.4 Å². The molecule has 0 amide bonds. The van der Waals surface area contributed by atoms with Crippen LogP contribution in [-0.4, -0.2) is 35.0 Å². The van der Waals surface area contributed by atoms with E-state index >= 15 is 0 Å². The Bertz CT molecular complexity index is 699. The fraction of sp³-hybridized carbons (Fsp3) is 0.438. The molecule has 6 nitrogen and oxygen atoms in total. The van der Waals surface area contributed by atoms with Gasteiger partial charge in [0.05, 0.1) is 37.4 Å². The number of nitrogen functional groups attached to an aromatic ring is 1. The van der Waals surface area contributed by atoms with Crippen molar-refractivity contribution in [1.29, 1.82) is 0 Å². The number of nitrogens with two attached hydrogens (primary N) is 1. The van der Waals surface area contributed by atoms with Gasteiger partial charge in [0, 0.05) is 22.2 Å². The van der Waals surface area contributed by atoms with Crippen LogP contribution in [-0.2, 0) is 10.2 Å². The first-order chi connectivity index (χ1) is 10.5. The number of rotatable bonds is 4. The molecule has 0 spiro atoms. The number of aromatic nitrogens is 3. The Hall–Kier alpha value is -2.21. The highest BCUT2D eigenvalue weighted by atomic mass is 16.5. The molecule has 1 saturated heterocycles. The number of hydrogen-bond acceptors (Lipinski definition) is 6. The van der Waals surface area contributed by atoms with Gasteiger partial charge >= 0.3 is 0 Å². The minimum absolute atomic E-state index is 0.0865. The lowest BCUT2D eigenvalue weighted by molar-refractivity contribution is -0.0513. The van der Waals surface area contributed by atoms with Gasteiger partial charge in [-0.1, -0.05) is 6.92 Å². The minimum atomic E-state index is -0.0865. The van der Waals surface area contributed by atoms with Crippen LogP contribution < -0.4 is 10.5 Å². The van der Waals surface area contributed by atoms with E-state index < -0.39 is 0 Å². The fourth-order valence-corrected chi connectivity index (χ4v) is 2.56. The molecule has 0 unspecified atom stereocenters. The number of anilines is 1. The predicted octanol–water partition coefficient (Wildman–Crippen LogP) is 2.12. The summed E-state index contributed by atoms with van der Waals surface area (Å²) < 4.78 is 11.0. The zero-order chi connectivity index (χ0) is 15.7. The van der Waals surface area contributed by atoms with E-state index in [0.717, 1.165) is 22.5 Å². The van der Waals surface area contributed by atoms with Crippen LogP contribution in [0.15, 0.2) is 18.3 Å². The van der Waals surface area contributed by atoms with Gasteiger partial charge in [-0.3, -0.25) is 4.98 Å². The van der Waals surface area contributed by atoms with Crippen molar-refractivity contribution < 1.29 is 9.47 Å². The van der Waals surface area contributed by atoms with E-state index in [1.54, 1.807) is 6.20 Å². The van der Waals surface area contributed by atoms with E-state index in [2.05, 4.69) is 22.1 Å². The van der Waals surface area contributed by atoms with Gasteiger partial charge in [0.1, 0.15) is 0 Å². The molecule has 0 aromatic carbocycles. The van der Waals surface area contributed by atoms with E-state index in [1.165, 1.54) is 0 Å². The van der Waals surface area contributed by atoms with Crippen LogP contribution in [0.25, 0.3) is 11.3 Å². The largest absolute Gasteiger partial charge is 0.477 e. The Morgan fingerprint density at radius 3 is 2.73 bits per heavy atom. The van der Waals surface area contributed by atoms with Gasteiger partial charge in [0.15, 0.2) is 0 Å². The van der Waals surface area contributed by atoms with Gasteiger partial charge in [-0.15, -0.1) is 10.2 Å². The normalized spacial score (nSPS) is 16.1. The Morgan fingerprint density at radius 1 is 1.32 bits per heavy atom. The van der Waals surface area contributed by atoms with E-state index in [9.17, 15) is 0 Å². The molecular formula is C16H20N4O2. The van der Waals surface area contributed by atoms with Crippen LogP contribution in [0.5, 0.6) is 5.88 Å². The average molecular weight is 300 g/mol. The second-order valence-corrected chi connectivity index (χ2v) is 5.84. The van der Waals surface area contributed by atoms with Gasteiger partial charge in [-0.05, 0) is 26.0 Å². The third-order valence-corrected chi connectivity index (χ3v) is 3.92. The zero-order valence-electron chi connectivity index (χ0n) is 13.1. The van der Waals surface area contributed by atoms with Crippen molar-refractivity contribution in [2.75, 3.05) is 25.6 Å². The summed E-state index contributed by atoms with van der Waals surface area (Å²) in [6, 6.07) is 3.89. The van der Waals surface area contributed by atoms with Gasteiger partial charge in [-0.2, -0.15) is 0 Å². The smallest absolute Gasteiger partial charge is 0.237 e. The second kappa shape index (κ2) is 5.53. The van der Waals surface area contributed by atoms with Crippen LogP contribution in [0.4, 0.5) is 5.69 Å². The lowest BCUT2D eigenvalue weighted by Gasteiger charge is -2.38. The predicted molar refractivity (Wildman–Crippen MR) is 83.8 cm³/mol. The number of nitrogens with zero attached hydrogens (tertiary/aromatic N) is 3.